The third kappa shape index (κ3) is 7.43. The summed E-state index contributed by atoms with van der Waals surface area (Å²) >= 11 is 1.82. The monoisotopic (exact) mass is 697 g/mol. The summed E-state index contributed by atoms with van der Waals surface area (Å²) in [5.74, 6) is -4.05. The van der Waals surface area contributed by atoms with Crippen LogP contribution in [0.15, 0.2) is 41.1 Å². The first-order valence-corrected chi connectivity index (χ1v) is 19.7. The van der Waals surface area contributed by atoms with Gasteiger partial charge in [0, 0.05) is 18.0 Å². The number of allylic oxidation sites excluding steroid dienone is 1. The summed E-state index contributed by atoms with van der Waals surface area (Å²) in [4.78, 5) is 16.8. The van der Waals surface area contributed by atoms with Gasteiger partial charge >= 0.3 is 12.1 Å². The predicted molar refractivity (Wildman–Crippen MR) is 182 cm³/mol. The molecule has 0 radical (unpaired) electrons. The Bertz CT molecular complexity index is 1260. The minimum Gasteiger partial charge on any atom is -0.383 e. The molecule has 1 aromatic heterocycles. The first-order valence-electron chi connectivity index (χ1n) is 18.7. The van der Waals surface area contributed by atoms with Crippen molar-refractivity contribution < 1.29 is 31.9 Å². The van der Waals surface area contributed by atoms with Crippen molar-refractivity contribution in [1.29, 1.82) is 0 Å². The average molecular weight is 698 g/mol. The quantitative estimate of drug-likeness (QED) is 0.106. The van der Waals surface area contributed by atoms with Crippen molar-refractivity contribution in [3.8, 4) is 0 Å². The van der Waals surface area contributed by atoms with Crippen molar-refractivity contribution in [2.24, 2.45) is 34.5 Å². The SMILES string of the molecule is C[C@]12CCC(=O)C=C1CC(CCCCCCCCCCCCCSc1ccccn1)[C@@H]1[C@H]2CC[C@@]2(C)[C@H]1CCC2(O)C(F)(F)C(F)(F)F. The van der Waals surface area contributed by atoms with E-state index < -0.39 is 35.5 Å². The third-order valence-corrected chi connectivity index (χ3v) is 14.3. The molecule has 3 fully saturated rings. The number of aliphatic hydroxyl groups is 1. The molecule has 270 valence electrons. The first-order chi connectivity index (χ1) is 22.7. The van der Waals surface area contributed by atoms with E-state index in [9.17, 15) is 23.1 Å². The minimum atomic E-state index is -5.80. The molecule has 0 spiro atoms. The summed E-state index contributed by atoms with van der Waals surface area (Å²) in [6, 6.07) is 6.02. The fraction of sp³-hybridized carbons (Fsp3) is 0.795. The molecule has 2 unspecified atom stereocenters. The number of aromatic nitrogens is 1. The Morgan fingerprint density at radius 2 is 1.48 bits per heavy atom. The van der Waals surface area contributed by atoms with E-state index in [4.69, 9.17) is 0 Å². The molecule has 1 N–H and O–H groups in total. The summed E-state index contributed by atoms with van der Waals surface area (Å²) in [6.45, 7) is 3.70. The van der Waals surface area contributed by atoms with Gasteiger partial charge in [-0.15, -0.1) is 11.8 Å². The fourth-order valence-electron chi connectivity index (χ4n) is 10.5. The molecule has 3 saturated carbocycles. The Morgan fingerprint density at radius 1 is 0.854 bits per heavy atom. The summed E-state index contributed by atoms with van der Waals surface area (Å²) in [7, 11) is 0. The molecule has 0 saturated heterocycles. The van der Waals surface area contributed by atoms with E-state index in [0.717, 1.165) is 42.0 Å². The van der Waals surface area contributed by atoms with Gasteiger partial charge in [-0.25, -0.2) is 4.98 Å². The van der Waals surface area contributed by atoms with Crippen LogP contribution >= 0.6 is 11.8 Å². The van der Waals surface area contributed by atoms with Gasteiger partial charge in [0.1, 0.15) is 5.60 Å². The van der Waals surface area contributed by atoms with Crippen LogP contribution in [0.5, 0.6) is 0 Å². The molecule has 0 bridgehead atoms. The number of pyridine rings is 1. The van der Waals surface area contributed by atoms with Crippen molar-refractivity contribution in [2.45, 2.75) is 159 Å². The summed E-state index contributed by atoms with van der Waals surface area (Å²) in [6.07, 6.45) is 14.1. The molecule has 3 nitrogen and oxygen atoms in total. The van der Waals surface area contributed by atoms with Crippen molar-refractivity contribution in [3.05, 3.63) is 36.0 Å². The highest BCUT2D eigenvalue weighted by Crippen LogP contribution is 2.72. The van der Waals surface area contributed by atoms with Gasteiger partial charge < -0.3 is 5.11 Å². The number of hydrogen-bond acceptors (Lipinski definition) is 4. The van der Waals surface area contributed by atoms with Crippen molar-refractivity contribution in [3.63, 3.8) is 0 Å². The van der Waals surface area contributed by atoms with E-state index in [-0.39, 0.29) is 41.8 Å². The normalized spacial score (nSPS) is 33.6. The number of thioether (sulfide) groups is 1. The van der Waals surface area contributed by atoms with E-state index in [1.807, 2.05) is 36.2 Å². The van der Waals surface area contributed by atoms with Crippen molar-refractivity contribution >= 4 is 17.5 Å². The molecule has 0 amide bonds. The number of nitrogens with zero attached hydrogens (tertiary/aromatic N) is 1. The summed E-state index contributed by atoms with van der Waals surface area (Å²) in [5, 5.41) is 12.4. The van der Waals surface area contributed by atoms with Crippen LogP contribution in [0.4, 0.5) is 22.0 Å². The molecular weight excluding hydrogens is 641 g/mol. The molecule has 4 aliphatic carbocycles. The van der Waals surface area contributed by atoms with Gasteiger partial charge in [0.15, 0.2) is 5.78 Å². The second kappa shape index (κ2) is 15.4. The lowest BCUT2D eigenvalue weighted by molar-refractivity contribution is -0.364. The average Bonchev–Trinajstić information content (AvgIpc) is 3.33. The van der Waals surface area contributed by atoms with E-state index in [0.29, 0.717) is 25.7 Å². The highest BCUT2D eigenvalue weighted by Gasteiger charge is 2.79. The van der Waals surface area contributed by atoms with E-state index >= 15 is 8.78 Å². The Hall–Kier alpha value is -1.48. The van der Waals surface area contributed by atoms with Crippen LogP contribution in [0.1, 0.15) is 136 Å². The van der Waals surface area contributed by atoms with Crippen LogP contribution in [-0.4, -0.2) is 39.3 Å². The number of carbonyl (C=O) groups excluding carboxylic acids is 1. The lowest BCUT2D eigenvalue weighted by Gasteiger charge is -2.62. The number of ketones is 1. The first kappa shape index (κ1) is 37.8. The Balaban J connectivity index is 1.09. The standard InChI is InChI=1S/C39H56F5NO2S/c1-35-21-18-30(46)27-29(35)26-28(16-12-10-8-6-4-3-5-7-9-11-15-25-48-33-17-13-14-24-45-33)34-31(35)19-22-36(2)32(34)20-23-37(36,47)38(40,41)39(42,43)44/h13-14,17,24,27-28,31-32,34,47H,3-12,15-16,18-23,25-26H2,1-2H3/t28?,31-,32+,34-,35+,36+,37?/m1/s1. The number of alkyl halides is 5. The molecule has 7 atom stereocenters. The van der Waals surface area contributed by atoms with Gasteiger partial charge in [0.2, 0.25) is 0 Å². The van der Waals surface area contributed by atoms with Gasteiger partial charge in [-0.3, -0.25) is 4.79 Å². The fourth-order valence-corrected chi connectivity index (χ4v) is 11.3. The summed E-state index contributed by atoms with van der Waals surface area (Å²) < 4.78 is 71.2. The zero-order chi connectivity index (χ0) is 34.6. The number of rotatable bonds is 16. The Kier molecular flexibility index (Phi) is 12.1. The number of carbonyl (C=O) groups is 1. The Labute approximate surface area is 288 Å². The van der Waals surface area contributed by atoms with Crippen LogP contribution in [-0.2, 0) is 4.79 Å². The van der Waals surface area contributed by atoms with Crippen LogP contribution in [0.25, 0.3) is 0 Å². The Morgan fingerprint density at radius 3 is 2.10 bits per heavy atom. The van der Waals surface area contributed by atoms with E-state index in [1.54, 1.807) is 0 Å². The highest BCUT2D eigenvalue weighted by molar-refractivity contribution is 7.99. The van der Waals surface area contributed by atoms with Gasteiger partial charge in [0.25, 0.3) is 0 Å². The molecule has 9 heteroatoms. The zero-order valence-electron chi connectivity index (χ0n) is 28.9. The second-order valence-electron chi connectivity index (χ2n) is 15.9. The van der Waals surface area contributed by atoms with Crippen LogP contribution in [0.2, 0.25) is 0 Å². The van der Waals surface area contributed by atoms with Crippen LogP contribution < -0.4 is 0 Å². The second-order valence-corrected chi connectivity index (χ2v) is 17.0. The van der Waals surface area contributed by atoms with Crippen LogP contribution in [0, 0.1) is 34.5 Å². The predicted octanol–water partition coefficient (Wildman–Crippen LogP) is 11.5. The van der Waals surface area contributed by atoms with Gasteiger partial charge in [-0.05, 0) is 104 Å². The molecular formula is C39H56F5NO2S. The molecule has 1 heterocycles. The van der Waals surface area contributed by atoms with Gasteiger partial charge in [0.05, 0.1) is 5.03 Å². The van der Waals surface area contributed by atoms with Crippen LogP contribution in [0.3, 0.4) is 0 Å². The number of fused-ring (bicyclic) bond motifs is 5. The molecule has 5 rings (SSSR count). The summed E-state index contributed by atoms with van der Waals surface area (Å²) in [5.41, 5.74) is -3.68. The highest BCUT2D eigenvalue weighted by atomic mass is 32.2. The van der Waals surface area contributed by atoms with Crippen molar-refractivity contribution in [1.82, 2.24) is 4.98 Å². The molecule has 48 heavy (non-hydrogen) atoms. The number of hydrogen-bond donors (Lipinski definition) is 1. The van der Waals surface area contributed by atoms with E-state index in [2.05, 4.69) is 18.0 Å². The maximum atomic E-state index is 15.1. The van der Waals surface area contributed by atoms with Crippen molar-refractivity contribution in [2.75, 3.05) is 5.75 Å². The lowest BCUT2D eigenvalue weighted by atomic mass is 9.43. The minimum absolute atomic E-state index is 0.0224. The molecule has 1 aromatic rings. The lowest BCUT2D eigenvalue weighted by Crippen LogP contribution is -2.66. The number of unbranched alkanes of at least 4 members (excludes halogenated alkanes) is 10. The third-order valence-electron chi connectivity index (χ3n) is 13.3. The maximum absolute atomic E-state index is 15.1. The molecule has 0 aliphatic heterocycles. The molecule has 4 aliphatic rings. The number of halogens is 5. The van der Waals surface area contributed by atoms with Gasteiger partial charge in [-0.2, -0.15) is 22.0 Å². The zero-order valence-corrected chi connectivity index (χ0v) is 29.8. The van der Waals surface area contributed by atoms with Gasteiger partial charge in [-0.1, -0.05) is 89.7 Å². The molecule has 0 aromatic carbocycles. The van der Waals surface area contributed by atoms with E-state index in [1.165, 1.54) is 58.3 Å². The largest absolute Gasteiger partial charge is 0.456 e. The smallest absolute Gasteiger partial charge is 0.383 e. The topological polar surface area (TPSA) is 50.2 Å². The maximum Gasteiger partial charge on any atom is 0.456 e.